The van der Waals surface area contributed by atoms with Crippen LogP contribution >= 0.6 is 0 Å². The highest BCUT2D eigenvalue weighted by molar-refractivity contribution is 7.86. The van der Waals surface area contributed by atoms with Crippen molar-refractivity contribution in [2.45, 2.75) is 109 Å². The second-order valence-electron chi connectivity index (χ2n) is 6.42. The molecule has 0 aromatic heterocycles. The van der Waals surface area contributed by atoms with E-state index in [0.29, 0.717) is 12.8 Å². The lowest BCUT2D eigenvalue weighted by molar-refractivity contribution is 0.147. The first-order chi connectivity index (χ1) is 10.4. The molecule has 0 aliphatic carbocycles. The van der Waals surface area contributed by atoms with E-state index in [0.717, 1.165) is 51.4 Å². The third kappa shape index (κ3) is 12.4. The van der Waals surface area contributed by atoms with Crippen molar-refractivity contribution in [1.29, 1.82) is 0 Å². The Morgan fingerprint density at radius 1 is 0.727 bits per heavy atom. The summed E-state index contributed by atoms with van der Waals surface area (Å²) >= 11 is 0. The Balaban J connectivity index is 3.83. The van der Waals surface area contributed by atoms with Crippen molar-refractivity contribution in [3.05, 3.63) is 0 Å². The highest BCUT2D eigenvalue weighted by atomic mass is 32.2. The van der Waals surface area contributed by atoms with Gasteiger partial charge in [-0.25, -0.2) is 0 Å². The Labute approximate surface area is 137 Å². The van der Waals surface area contributed by atoms with E-state index < -0.39 is 15.4 Å². The average Bonchev–Trinajstić information content (AvgIpc) is 2.45. The van der Waals surface area contributed by atoms with Gasteiger partial charge in [-0.05, 0) is 25.7 Å². The van der Waals surface area contributed by atoms with E-state index >= 15 is 0 Å². The van der Waals surface area contributed by atoms with E-state index in [4.69, 9.17) is 0 Å². The first-order valence-corrected chi connectivity index (χ1v) is 10.6. The van der Waals surface area contributed by atoms with Crippen LogP contribution in [0, 0.1) is 0 Å². The lowest BCUT2D eigenvalue weighted by atomic mass is 10.0. The van der Waals surface area contributed by atoms with Gasteiger partial charge in [0.25, 0.3) is 10.1 Å². The van der Waals surface area contributed by atoms with E-state index in [-0.39, 0.29) is 6.10 Å². The van der Waals surface area contributed by atoms with E-state index in [2.05, 4.69) is 13.8 Å². The molecule has 4 nitrogen and oxygen atoms in total. The number of aliphatic hydroxyl groups excluding tert-OH is 1. The molecule has 0 spiro atoms. The molecule has 0 amide bonds. The summed E-state index contributed by atoms with van der Waals surface area (Å²) in [7, 11) is -3.93. The van der Waals surface area contributed by atoms with Gasteiger partial charge in [-0.15, -0.1) is 0 Å². The zero-order chi connectivity index (χ0) is 16.8. The summed E-state index contributed by atoms with van der Waals surface area (Å²) in [5, 5.41) is 9.26. The van der Waals surface area contributed by atoms with Gasteiger partial charge < -0.3 is 5.11 Å². The number of aliphatic hydroxyl groups is 1. The largest absolute Gasteiger partial charge is 0.393 e. The minimum atomic E-state index is -3.93. The van der Waals surface area contributed by atoms with E-state index in [1.807, 2.05) is 0 Å². The van der Waals surface area contributed by atoms with Crippen LogP contribution in [-0.2, 0) is 10.1 Å². The van der Waals surface area contributed by atoms with Crippen LogP contribution in [0.4, 0.5) is 0 Å². The van der Waals surface area contributed by atoms with Gasteiger partial charge in [0.1, 0.15) is 0 Å². The molecule has 0 aromatic rings. The molecule has 0 aliphatic rings. The van der Waals surface area contributed by atoms with E-state index in [1.165, 1.54) is 19.3 Å². The fraction of sp³-hybridized carbons (Fsp3) is 1.00. The second-order valence-corrected chi connectivity index (χ2v) is 8.12. The molecule has 0 aromatic carbocycles. The topological polar surface area (TPSA) is 74.6 Å². The van der Waals surface area contributed by atoms with Crippen LogP contribution in [-0.4, -0.2) is 29.4 Å². The molecule has 22 heavy (non-hydrogen) atoms. The summed E-state index contributed by atoms with van der Waals surface area (Å²) in [6.07, 6.45) is 11.5. The van der Waals surface area contributed by atoms with Crippen LogP contribution in [0.25, 0.3) is 0 Å². The maximum absolute atomic E-state index is 11.4. The van der Waals surface area contributed by atoms with Crippen molar-refractivity contribution in [2.75, 3.05) is 0 Å². The Morgan fingerprint density at radius 3 is 1.64 bits per heavy atom. The molecule has 0 saturated carbocycles. The van der Waals surface area contributed by atoms with Gasteiger partial charge in [0, 0.05) is 0 Å². The minimum absolute atomic E-state index is 0.263. The van der Waals surface area contributed by atoms with Crippen molar-refractivity contribution in [3.8, 4) is 0 Å². The molecular formula is C17H36O4S. The Bertz CT molecular complexity index is 341. The predicted octanol–water partition coefficient (Wildman–Crippen LogP) is 4.71. The first-order valence-electron chi connectivity index (χ1n) is 9.06. The molecule has 0 bridgehead atoms. The summed E-state index contributed by atoms with van der Waals surface area (Å²) in [6, 6.07) is 0. The molecule has 0 heterocycles. The summed E-state index contributed by atoms with van der Waals surface area (Å²) < 4.78 is 32.0. The zero-order valence-electron chi connectivity index (χ0n) is 14.5. The van der Waals surface area contributed by atoms with Crippen LogP contribution in [0.2, 0.25) is 0 Å². The molecule has 0 rings (SSSR count). The van der Waals surface area contributed by atoms with Gasteiger partial charge in [0.05, 0.1) is 11.4 Å². The van der Waals surface area contributed by atoms with Gasteiger partial charge in [-0.1, -0.05) is 71.6 Å². The van der Waals surface area contributed by atoms with Crippen LogP contribution < -0.4 is 0 Å². The van der Waals surface area contributed by atoms with Gasteiger partial charge >= 0.3 is 0 Å². The lowest BCUT2D eigenvalue weighted by Crippen LogP contribution is -2.20. The summed E-state index contributed by atoms with van der Waals surface area (Å²) in [5.74, 6) is 0. The van der Waals surface area contributed by atoms with Crippen molar-refractivity contribution in [1.82, 2.24) is 0 Å². The highest BCUT2D eigenvalue weighted by Crippen LogP contribution is 2.18. The van der Waals surface area contributed by atoms with E-state index in [1.54, 1.807) is 0 Å². The van der Waals surface area contributed by atoms with Gasteiger partial charge in [0.2, 0.25) is 0 Å². The van der Waals surface area contributed by atoms with Crippen molar-refractivity contribution >= 4 is 10.1 Å². The summed E-state index contributed by atoms with van der Waals surface area (Å²) in [4.78, 5) is 0. The van der Waals surface area contributed by atoms with Crippen LogP contribution in [0.1, 0.15) is 97.3 Å². The fourth-order valence-electron chi connectivity index (χ4n) is 2.77. The number of rotatable bonds is 15. The second kappa shape index (κ2) is 13.3. The normalized spacial score (nSPS) is 14.9. The standard InChI is InChI=1S/C17H36O4S/c1-3-5-7-9-12-16(18)13-10-11-15-17(22(19,20)21)14-8-6-4-2/h16-18H,3-15H2,1-2H3,(H,19,20,21). The van der Waals surface area contributed by atoms with Gasteiger partial charge in [-0.2, -0.15) is 8.42 Å². The monoisotopic (exact) mass is 336 g/mol. The number of unbranched alkanes of at least 4 members (excludes halogenated alkanes) is 6. The van der Waals surface area contributed by atoms with Crippen molar-refractivity contribution in [3.63, 3.8) is 0 Å². The van der Waals surface area contributed by atoms with Crippen LogP contribution in [0.5, 0.6) is 0 Å². The maximum atomic E-state index is 11.4. The fourth-order valence-corrected chi connectivity index (χ4v) is 3.70. The van der Waals surface area contributed by atoms with E-state index in [9.17, 15) is 18.1 Å². The third-order valence-electron chi connectivity index (χ3n) is 4.26. The molecular weight excluding hydrogens is 300 g/mol. The predicted molar refractivity (Wildman–Crippen MR) is 92.7 cm³/mol. The third-order valence-corrected chi connectivity index (χ3v) is 5.57. The molecule has 134 valence electrons. The highest BCUT2D eigenvalue weighted by Gasteiger charge is 2.21. The quantitative estimate of drug-likeness (QED) is 0.335. The molecule has 0 aliphatic heterocycles. The SMILES string of the molecule is CCCCCCC(O)CCCCC(CCCCC)S(=O)(=O)O. The summed E-state index contributed by atoms with van der Waals surface area (Å²) in [5.41, 5.74) is 0. The Hall–Kier alpha value is -0.130. The summed E-state index contributed by atoms with van der Waals surface area (Å²) in [6.45, 7) is 4.24. The maximum Gasteiger partial charge on any atom is 0.267 e. The molecule has 0 fully saturated rings. The van der Waals surface area contributed by atoms with Gasteiger partial charge in [0.15, 0.2) is 0 Å². The molecule has 2 unspecified atom stereocenters. The average molecular weight is 337 g/mol. The molecule has 0 saturated heterocycles. The van der Waals surface area contributed by atoms with Crippen molar-refractivity contribution < 1.29 is 18.1 Å². The van der Waals surface area contributed by atoms with Crippen LogP contribution in [0.15, 0.2) is 0 Å². The Morgan fingerprint density at radius 2 is 1.14 bits per heavy atom. The minimum Gasteiger partial charge on any atom is -0.393 e. The van der Waals surface area contributed by atoms with Crippen molar-refractivity contribution in [2.24, 2.45) is 0 Å². The number of hydrogen-bond donors (Lipinski definition) is 2. The number of hydrogen-bond acceptors (Lipinski definition) is 3. The molecule has 2 N–H and O–H groups in total. The molecule has 2 atom stereocenters. The molecule has 5 heteroatoms. The van der Waals surface area contributed by atoms with Crippen LogP contribution in [0.3, 0.4) is 0 Å². The molecule has 0 radical (unpaired) electrons. The first kappa shape index (κ1) is 21.9. The zero-order valence-corrected chi connectivity index (χ0v) is 15.3. The smallest absolute Gasteiger partial charge is 0.267 e. The Kier molecular flexibility index (Phi) is 13.2. The lowest BCUT2D eigenvalue weighted by Gasteiger charge is -2.14. The van der Waals surface area contributed by atoms with Gasteiger partial charge in [-0.3, -0.25) is 4.55 Å².